The molecule has 0 atom stereocenters. The fourth-order valence-electron chi connectivity index (χ4n) is 1.55. The second-order valence-corrected chi connectivity index (χ2v) is 4.84. The molecule has 0 radical (unpaired) electrons. The number of benzene rings is 1. The van der Waals surface area contributed by atoms with Crippen LogP contribution < -0.4 is 5.32 Å². The SMILES string of the molecule is CC(C)(CCO)CNc1ccccc1C(=O)O. The number of carboxylic acids is 1. The summed E-state index contributed by atoms with van der Waals surface area (Å²) < 4.78 is 0. The summed E-state index contributed by atoms with van der Waals surface area (Å²) in [5.74, 6) is -0.937. The van der Waals surface area contributed by atoms with Crippen molar-refractivity contribution in [1.29, 1.82) is 0 Å². The van der Waals surface area contributed by atoms with Crippen molar-refractivity contribution in [2.45, 2.75) is 20.3 Å². The van der Waals surface area contributed by atoms with Crippen LogP contribution in [0.25, 0.3) is 0 Å². The third-order valence-electron chi connectivity index (χ3n) is 2.70. The molecular formula is C13H19NO3. The van der Waals surface area contributed by atoms with Crippen molar-refractivity contribution >= 4 is 11.7 Å². The summed E-state index contributed by atoms with van der Waals surface area (Å²) in [7, 11) is 0. The van der Waals surface area contributed by atoms with Crippen LogP contribution in [0.4, 0.5) is 5.69 Å². The maximum Gasteiger partial charge on any atom is 0.337 e. The average molecular weight is 237 g/mol. The first-order chi connectivity index (χ1) is 7.96. The molecule has 0 amide bonds. The van der Waals surface area contributed by atoms with Crippen LogP contribution in [0.5, 0.6) is 0 Å². The monoisotopic (exact) mass is 237 g/mol. The van der Waals surface area contributed by atoms with E-state index in [4.69, 9.17) is 10.2 Å². The molecule has 0 bridgehead atoms. The van der Waals surface area contributed by atoms with E-state index < -0.39 is 5.97 Å². The largest absolute Gasteiger partial charge is 0.478 e. The third-order valence-corrected chi connectivity index (χ3v) is 2.70. The summed E-state index contributed by atoms with van der Waals surface area (Å²) >= 11 is 0. The summed E-state index contributed by atoms with van der Waals surface area (Å²) in [6, 6.07) is 6.82. The highest BCUT2D eigenvalue weighted by Gasteiger charge is 2.18. The minimum Gasteiger partial charge on any atom is -0.478 e. The summed E-state index contributed by atoms with van der Waals surface area (Å²) in [6.07, 6.45) is 0.676. The molecule has 4 heteroatoms. The van der Waals surface area contributed by atoms with Crippen LogP contribution in [0, 0.1) is 5.41 Å². The number of rotatable bonds is 6. The highest BCUT2D eigenvalue weighted by atomic mass is 16.4. The lowest BCUT2D eigenvalue weighted by atomic mass is 9.89. The topological polar surface area (TPSA) is 69.6 Å². The van der Waals surface area contributed by atoms with Gasteiger partial charge in [-0.3, -0.25) is 0 Å². The van der Waals surface area contributed by atoms with Crippen molar-refractivity contribution in [1.82, 2.24) is 0 Å². The second-order valence-electron chi connectivity index (χ2n) is 4.84. The quantitative estimate of drug-likeness (QED) is 0.709. The molecule has 1 aromatic carbocycles. The Labute approximate surface area is 101 Å². The molecular weight excluding hydrogens is 218 g/mol. The van der Waals surface area contributed by atoms with Crippen molar-refractivity contribution < 1.29 is 15.0 Å². The van der Waals surface area contributed by atoms with Gasteiger partial charge in [-0.1, -0.05) is 26.0 Å². The smallest absolute Gasteiger partial charge is 0.337 e. The Morgan fingerprint density at radius 2 is 2.00 bits per heavy atom. The molecule has 0 aliphatic heterocycles. The molecule has 0 fully saturated rings. The number of aliphatic hydroxyl groups excluding tert-OH is 1. The molecule has 3 N–H and O–H groups in total. The number of anilines is 1. The molecule has 94 valence electrons. The summed E-state index contributed by atoms with van der Waals surface area (Å²) in [5.41, 5.74) is 0.818. The molecule has 0 unspecified atom stereocenters. The van der Waals surface area contributed by atoms with Gasteiger partial charge in [0, 0.05) is 18.8 Å². The summed E-state index contributed by atoms with van der Waals surface area (Å²) in [5, 5.41) is 21.1. The maximum absolute atomic E-state index is 11.0. The van der Waals surface area contributed by atoms with Gasteiger partial charge in [-0.05, 0) is 24.0 Å². The van der Waals surface area contributed by atoms with Crippen LogP contribution in [0.1, 0.15) is 30.6 Å². The minimum absolute atomic E-state index is 0.0691. The molecule has 0 aromatic heterocycles. The molecule has 17 heavy (non-hydrogen) atoms. The third kappa shape index (κ3) is 4.07. The molecule has 0 aliphatic carbocycles. The lowest BCUT2D eigenvalue weighted by Gasteiger charge is -2.25. The fourth-order valence-corrected chi connectivity index (χ4v) is 1.55. The first kappa shape index (κ1) is 13.5. The van der Waals surface area contributed by atoms with Crippen LogP contribution in [-0.2, 0) is 0 Å². The van der Waals surface area contributed by atoms with Crippen LogP contribution in [0.15, 0.2) is 24.3 Å². The Balaban J connectivity index is 2.72. The van der Waals surface area contributed by atoms with Gasteiger partial charge in [0.05, 0.1) is 5.56 Å². The van der Waals surface area contributed by atoms with Crippen LogP contribution in [-0.4, -0.2) is 29.3 Å². The number of nitrogens with one attached hydrogen (secondary N) is 1. The molecule has 0 saturated heterocycles. The standard InChI is InChI=1S/C13H19NO3/c1-13(2,7-8-15)9-14-11-6-4-3-5-10(11)12(16)17/h3-6,14-15H,7-9H2,1-2H3,(H,16,17). The van der Waals surface area contributed by atoms with Crippen LogP contribution in [0.2, 0.25) is 0 Å². The number of para-hydroxylation sites is 1. The van der Waals surface area contributed by atoms with Crippen molar-refractivity contribution in [3.63, 3.8) is 0 Å². The Bertz CT molecular complexity index is 388. The highest BCUT2D eigenvalue weighted by molar-refractivity contribution is 5.94. The van der Waals surface area contributed by atoms with Gasteiger partial charge in [0.15, 0.2) is 0 Å². The van der Waals surface area contributed by atoms with E-state index in [1.807, 2.05) is 13.8 Å². The Kier molecular flexibility index (Phi) is 4.52. The fraction of sp³-hybridized carbons (Fsp3) is 0.462. The number of hydrogen-bond donors (Lipinski definition) is 3. The highest BCUT2D eigenvalue weighted by Crippen LogP contribution is 2.22. The van der Waals surface area contributed by atoms with Gasteiger partial charge in [-0.25, -0.2) is 4.79 Å². The molecule has 0 aliphatic rings. The van der Waals surface area contributed by atoms with Crippen molar-refractivity contribution in [2.24, 2.45) is 5.41 Å². The van der Waals surface area contributed by atoms with Gasteiger partial charge in [0.25, 0.3) is 0 Å². The van der Waals surface area contributed by atoms with Gasteiger partial charge in [0.2, 0.25) is 0 Å². The van der Waals surface area contributed by atoms with Gasteiger partial charge >= 0.3 is 5.97 Å². The number of carboxylic acid groups (broad SMARTS) is 1. The van der Waals surface area contributed by atoms with Crippen molar-refractivity contribution in [3.05, 3.63) is 29.8 Å². The summed E-state index contributed by atoms with van der Waals surface area (Å²) in [6.45, 7) is 4.81. The second kappa shape index (κ2) is 5.68. The zero-order chi connectivity index (χ0) is 12.9. The zero-order valence-corrected chi connectivity index (χ0v) is 10.2. The molecule has 0 saturated carbocycles. The van der Waals surface area contributed by atoms with Crippen LogP contribution >= 0.6 is 0 Å². The molecule has 0 spiro atoms. The van der Waals surface area contributed by atoms with Gasteiger partial charge in [-0.15, -0.1) is 0 Å². The van der Waals surface area contributed by atoms with Gasteiger partial charge in [-0.2, -0.15) is 0 Å². The van der Waals surface area contributed by atoms with Crippen molar-refractivity contribution in [2.75, 3.05) is 18.5 Å². The van der Waals surface area contributed by atoms with Crippen LogP contribution in [0.3, 0.4) is 0 Å². The molecule has 0 heterocycles. The molecule has 1 aromatic rings. The van der Waals surface area contributed by atoms with E-state index in [9.17, 15) is 4.79 Å². The first-order valence-electron chi connectivity index (χ1n) is 5.63. The lowest BCUT2D eigenvalue weighted by Crippen LogP contribution is -2.25. The van der Waals surface area contributed by atoms with Gasteiger partial charge in [0.1, 0.15) is 0 Å². The van der Waals surface area contributed by atoms with Crippen molar-refractivity contribution in [3.8, 4) is 0 Å². The normalized spacial score (nSPS) is 11.2. The maximum atomic E-state index is 11.0. The van der Waals surface area contributed by atoms with Gasteiger partial charge < -0.3 is 15.5 Å². The minimum atomic E-state index is -0.937. The first-order valence-corrected chi connectivity index (χ1v) is 5.63. The molecule has 1 rings (SSSR count). The van der Waals surface area contributed by atoms with E-state index in [1.165, 1.54) is 0 Å². The Hall–Kier alpha value is -1.55. The van der Waals surface area contributed by atoms with E-state index in [0.717, 1.165) is 0 Å². The molecule has 4 nitrogen and oxygen atoms in total. The van der Waals surface area contributed by atoms with E-state index in [0.29, 0.717) is 18.7 Å². The number of hydrogen-bond acceptors (Lipinski definition) is 3. The van der Waals surface area contributed by atoms with E-state index in [1.54, 1.807) is 24.3 Å². The average Bonchev–Trinajstić information content (AvgIpc) is 2.27. The predicted molar refractivity (Wildman–Crippen MR) is 67.4 cm³/mol. The number of carbonyl (C=O) groups is 1. The van der Waals surface area contributed by atoms with E-state index >= 15 is 0 Å². The Morgan fingerprint density at radius 3 is 2.59 bits per heavy atom. The van der Waals surface area contributed by atoms with E-state index in [2.05, 4.69) is 5.32 Å². The number of aromatic carboxylic acids is 1. The summed E-state index contributed by atoms with van der Waals surface area (Å²) in [4.78, 5) is 11.0. The Morgan fingerprint density at radius 1 is 1.35 bits per heavy atom. The van der Waals surface area contributed by atoms with E-state index in [-0.39, 0.29) is 17.6 Å². The lowest BCUT2D eigenvalue weighted by molar-refractivity contribution is 0.0697. The zero-order valence-electron chi connectivity index (χ0n) is 10.2. The predicted octanol–water partition coefficient (Wildman–Crippen LogP) is 2.21. The number of aliphatic hydroxyl groups is 1.